The Morgan fingerprint density at radius 2 is 1.61 bits per heavy atom. The first-order chi connectivity index (χ1) is 8.83. The number of imidazole rings is 1. The van der Waals surface area contributed by atoms with Gasteiger partial charge in [0.15, 0.2) is 0 Å². The number of aromatic hydroxyl groups is 1. The molecule has 0 aliphatic rings. The van der Waals surface area contributed by atoms with Crippen LogP contribution in [0.2, 0.25) is 0 Å². The van der Waals surface area contributed by atoms with Crippen molar-refractivity contribution in [2.24, 2.45) is 0 Å². The van der Waals surface area contributed by atoms with E-state index in [4.69, 9.17) is 0 Å². The third kappa shape index (κ3) is 1.96. The molecule has 0 amide bonds. The van der Waals surface area contributed by atoms with Crippen LogP contribution < -0.4 is 0 Å². The minimum atomic E-state index is 0.250. The van der Waals surface area contributed by atoms with E-state index in [0.29, 0.717) is 0 Å². The molecule has 0 saturated carbocycles. The smallest absolute Gasteiger partial charge is 0.137 e. The van der Waals surface area contributed by atoms with Crippen LogP contribution in [0.15, 0.2) is 55.0 Å². The molecule has 4 nitrogen and oxygen atoms in total. The van der Waals surface area contributed by atoms with Gasteiger partial charge in [0.25, 0.3) is 0 Å². The summed E-state index contributed by atoms with van der Waals surface area (Å²) in [5.74, 6) is 1.03. The molecular formula is C14H11N3O. The second-order valence-corrected chi connectivity index (χ2v) is 3.93. The van der Waals surface area contributed by atoms with E-state index in [1.807, 2.05) is 24.3 Å². The first kappa shape index (κ1) is 10.5. The Hall–Kier alpha value is -2.62. The average Bonchev–Trinajstić information content (AvgIpc) is 2.90. The Balaban J connectivity index is 1.97. The molecule has 2 aromatic heterocycles. The minimum absolute atomic E-state index is 0.250. The van der Waals surface area contributed by atoms with Crippen LogP contribution in [-0.4, -0.2) is 20.1 Å². The number of phenolic OH excluding ortho intramolecular Hbond substituents is 1. The van der Waals surface area contributed by atoms with E-state index >= 15 is 0 Å². The van der Waals surface area contributed by atoms with Crippen molar-refractivity contribution in [1.29, 1.82) is 0 Å². The summed E-state index contributed by atoms with van der Waals surface area (Å²) in [4.78, 5) is 11.6. The van der Waals surface area contributed by atoms with Crippen LogP contribution in [0.3, 0.4) is 0 Å². The van der Waals surface area contributed by atoms with Gasteiger partial charge in [0.05, 0.1) is 11.9 Å². The minimum Gasteiger partial charge on any atom is -0.508 e. The maximum absolute atomic E-state index is 9.25. The van der Waals surface area contributed by atoms with Gasteiger partial charge in [0.2, 0.25) is 0 Å². The van der Waals surface area contributed by atoms with Gasteiger partial charge in [-0.3, -0.25) is 4.98 Å². The second kappa shape index (κ2) is 4.33. The third-order valence-electron chi connectivity index (χ3n) is 2.71. The number of benzene rings is 1. The van der Waals surface area contributed by atoms with Gasteiger partial charge in [-0.25, -0.2) is 4.98 Å². The van der Waals surface area contributed by atoms with Gasteiger partial charge >= 0.3 is 0 Å². The molecule has 0 spiro atoms. The van der Waals surface area contributed by atoms with Crippen LogP contribution in [0.25, 0.3) is 22.6 Å². The van der Waals surface area contributed by atoms with E-state index in [-0.39, 0.29) is 5.75 Å². The van der Waals surface area contributed by atoms with Gasteiger partial charge in [0, 0.05) is 23.5 Å². The Kier molecular flexibility index (Phi) is 2.53. The zero-order valence-electron chi connectivity index (χ0n) is 9.54. The first-order valence-corrected chi connectivity index (χ1v) is 5.58. The van der Waals surface area contributed by atoms with Crippen molar-refractivity contribution in [3.8, 4) is 28.4 Å². The van der Waals surface area contributed by atoms with Crippen molar-refractivity contribution in [2.75, 3.05) is 0 Å². The summed E-state index contributed by atoms with van der Waals surface area (Å²) >= 11 is 0. The van der Waals surface area contributed by atoms with E-state index in [9.17, 15) is 5.11 Å². The number of phenols is 1. The fraction of sp³-hybridized carbons (Fsp3) is 0. The molecule has 0 aliphatic carbocycles. The quantitative estimate of drug-likeness (QED) is 0.720. The van der Waals surface area contributed by atoms with Crippen LogP contribution in [0.4, 0.5) is 0 Å². The molecule has 0 bridgehead atoms. The van der Waals surface area contributed by atoms with E-state index in [1.165, 1.54) is 0 Å². The van der Waals surface area contributed by atoms with Gasteiger partial charge in [-0.15, -0.1) is 0 Å². The number of aromatic nitrogens is 3. The fourth-order valence-corrected chi connectivity index (χ4v) is 1.77. The highest BCUT2D eigenvalue weighted by atomic mass is 16.3. The lowest BCUT2D eigenvalue weighted by Crippen LogP contribution is -1.81. The van der Waals surface area contributed by atoms with Crippen molar-refractivity contribution >= 4 is 0 Å². The maximum Gasteiger partial charge on any atom is 0.137 e. The zero-order chi connectivity index (χ0) is 12.4. The van der Waals surface area contributed by atoms with Gasteiger partial charge < -0.3 is 10.1 Å². The number of aromatic amines is 1. The molecule has 0 aliphatic heterocycles. The standard InChI is InChI=1S/C14H11N3O/c18-12-3-1-11(2-4-12)14-16-9-13(17-14)10-5-7-15-8-6-10/h1-9,18H,(H,16,17). The molecule has 88 valence electrons. The number of pyridine rings is 1. The van der Waals surface area contributed by atoms with E-state index in [2.05, 4.69) is 15.0 Å². The lowest BCUT2D eigenvalue weighted by Gasteiger charge is -1.98. The summed E-state index contributed by atoms with van der Waals surface area (Å²) in [5.41, 5.74) is 2.93. The molecule has 3 aromatic rings. The second-order valence-electron chi connectivity index (χ2n) is 3.93. The van der Waals surface area contributed by atoms with Gasteiger partial charge in [0.1, 0.15) is 11.6 Å². The summed E-state index contributed by atoms with van der Waals surface area (Å²) < 4.78 is 0. The van der Waals surface area contributed by atoms with Crippen molar-refractivity contribution in [2.45, 2.75) is 0 Å². The monoisotopic (exact) mass is 237 g/mol. The Labute approximate surface area is 104 Å². The molecular weight excluding hydrogens is 226 g/mol. The van der Waals surface area contributed by atoms with Crippen LogP contribution in [0.1, 0.15) is 0 Å². The molecule has 0 radical (unpaired) electrons. The van der Waals surface area contributed by atoms with Gasteiger partial charge in [-0.1, -0.05) is 0 Å². The largest absolute Gasteiger partial charge is 0.508 e. The van der Waals surface area contributed by atoms with Gasteiger partial charge in [-0.2, -0.15) is 0 Å². The number of nitrogens with one attached hydrogen (secondary N) is 1. The van der Waals surface area contributed by atoms with Crippen molar-refractivity contribution < 1.29 is 5.11 Å². The Morgan fingerprint density at radius 3 is 2.33 bits per heavy atom. The molecule has 4 heteroatoms. The molecule has 0 unspecified atom stereocenters. The molecule has 0 atom stereocenters. The Morgan fingerprint density at radius 1 is 0.889 bits per heavy atom. The number of hydrogen-bond acceptors (Lipinski definition) is 3. The van der Waals surface area contributed by atoms with Crippen LogP contribution in [0.5, 0.6) is 5.75 Å². The molecule has 0 fully saturated rings. The fourth-order valence-electron chi connectivity index (χ4n) is 1.77. The normalized spacial score (nSPS) is 10.4. The summed E-state index contributed by atoms with van der Waals surface area (Å²) in [6, 6.07) is 10.8. The Bertz CT molecular complexity index is 644. The average molecular weight is 237 g/mol. The predicted octanol–water partition coefficient (Wildman–Crippen LogP) is 2.84. The molecule has 3 rings (SSSR count). The number of hydrogen-bond donors (Lipinski definition) is 2. The van der Waals surface area contributed by atoms with Crippen LogP contribution >= 0.6 is 0 Å². The lowest BCUT2D eigenvalue weighted by atomic mass is 10.2. The summed E-state index contributed by atoms with van der Waals surface area (Å²) in [5, 5.41) is 9.25. The van der Waals surface area contributed by atoms with Crippen molar-refractivity contribution in [3.63, 3.8) is 0 Å². The topological polar surface area (TPSA) is 61.8 Å². The molecule has 1 aromatic carbocycles. The van der Waals surface area contributed by atoms with E-state index in [1.54, 1.807) is 30.7 Å². The SMILES string of the molecule is Oc1ccc(-c2ncc(-c3ccncc3)[nH]2)cc1. The van der Waals surface area contributed by atoms with Crippen LogP contribution in [0, 0.1) is 0 Å². The number of H-pyrrole nitrogens is 1. The maximum atomic E-state index is 9.25. The molecule has 18 heavy (non-hydrogen) atoms. The van der Waals surface area contributed by atoms with E-state index in [0.717, 1.165) is 22.6 Å². The lowest BCUT2D eigenvalue weighted by molar-refractivity contribution is 0.475. The zero-order valence-corrected chi connectivity index (χ0v) is 9.54. The number of rotatable bonds is 2. The molecule has 0 saturated heterocycles. The summed E-state index contributed by atoms with van der Waals surface area (Å²) in [6.45, 7) is 0. The predicted molar refractivity (Wildman–Crippen MR) is 68.9 cm³/mol. The van der Waals surface area contributed by atoms with E-state index < -0.39 is 0 Å². The molecule has 2 heterocycles. The summed E-state index contributed by atoms with van der Waals surface area (Å²) in [7, 11) is 0. The first-order valence-electron chi connectivity index (χ1n) is 5.58. The molecule has 2 N–H and O–H groups in total. The third-order valence-corrected chi connectivity index (χ3v) is 2.71. The highest BCUT2D eigenvalue weighted by molar-refractivity contribution is 5.64. The number of nitrogens with zero attached hydrogens (tertiary/aromatic N) is 2. The van der Waals surface area contributed by atoms with Gasteiger partial charge in [-0.05, 0) is 36.4 Å². The van der Waals surface area contributed by atoms with Crippen molar-refractivity contribution in [3.05, 3.63) is 55.0 Å². The highest BCUT2D eigenvalue weighted by Crippen LogP contribution is 2.22. The summed E-state index contributed by atoms with van der Waals surface area (Å²) in [6.07, 6.45) is 5.28. The van der Waals surface area contributed by atoms with Crippen molar-refractivity contribution in [1.82, 2.24) is 15.0 Å². The van der Waals surface area contributed by atoms with Crippen LogP contribution in [-0.2, 0) is 0 Å². The highest BCUT2D eigenvalue weighted by Gasteiger charge is 2.04.